The number of sulfonamides is 1. The van der Waals surface area contributed by atoms with Crippen molar-refractivity contribution in [1.29, 1.82) is 0 Å². The van der Waals surface area contributed by atoms with Crippen molar-refractivity contribution in [1.82, 2.24) is 9.78 Å². The third-order valence-corrected chi connectivity index (χ3v) is 4.54. The average molecular weight is 307 g/mol. The second-order valence-electron chi connectivity index (χ2n) is 4.67. The van der Waals surface area contributed by atoms with Gasteiger partial charge in [-0.1, -0.05) is 0 Å². The first kappa shape index (κ1) is 15.2. The van der Waals surface area contributed by atoms with Crippen molar-refractivity contribution in [2.24, 2.45) is 0 Å². The van der Waals surface area contributed by atoms with Crippen LogP contribution in [-0.4, -0.2) is 24.0 Å². The third-order valence-electron chi connectivity index (χ3n) is 3.06. The zero-order valence-electron chi connectivity index (χ0n) is 12.1. The fraction of sp³-hybridized carbons (Fsp3) is 0.286. The van der Waals surface area contributed by atoms with E-state index in [4.69, 9.17) is 0 Å². The van der Waals surface area contributed by atoms with Crippen LogP contribution in [0.5, 0.6) is 0 Å². The Labute approximate surface area is 123 Å². The van der Waals surface area contributed by atoms with E-state index in [0.29, 0.717) is 23.5 Å². The molecule has 1 aromatic carbocycles. The number of rotatable bonds is 5. The first-order valence-electron chi connectivity index (χ1n) is 6.51. The molecular weight excluding hydrogens is 290 g/mol. The highest BCUT2D eigenvalue weighted by Gasteiger charge is 2.20. The van der Waals surface area contributed by atoms with Crippen molar-refractivity contribution < 1.29 is 13.2 Å². The molecule has 21 heavy (non-hydrogen) atoms. The fourth-order valence-corrected chi connectivity index (χ4v) is 3.16. The summed E-state index contributed by atoms with van der Waals surface area (Å²) in [4.78, 5) is 11.3. The van der Waals surface area contributed by atoms with Crippen LogP contribution in [-0.2, 0) is 16.6 Å². The normalized spacial score (nSPS) is 11.4. The number of hydrogen-bond acceptors (Lipinski definition) is 4. The average Bonchev–Trinajstić information content (AvgIpc) is 2.81. The lowest BCUT2D eigenvalue weighted by atomic mass is 10.1. The molecule has 112 valence electrons. The number of ketones is 1. The van der Waals surface area contributed by atoms with Crippen LogP contribution in [0.3, 0.4) is 0 Å². The quantitative estimate of drug-likeness (QED) is 0.859. The van der Waals surface area contributed by atoms with E-state index in [1.54, 1.807) is 35.9 Å². The smallest absolute Gasteiger partial charge is 0.265 e. The molecule has 1 N–H and O–H groups in total. The number of nitrogens with zero attached hydrogens (tertiary/aromatic N) is 2. The van der Waals surface area contributed by atoms with Crippen LogP contribution in [0, 0.1) is 6.92 Å². The minimum absolute atomic E-state index is 0.0653. The predicted octanol–water partition coefficient (Wildman–Crippen LogP) is 2.21. The van der Waals surface area contributed by atoms with Crippen LogP contribution in [0.2, 0.25) is 0 Å². The van der Waals surface area contributed by atoms with E-state index in [0.717, 1.165) is 0 Å². The Hall–Kier alpha value is -2.15. The third kappa shape index (κ3) is 3.30. The van der Waals surface area contributed by atoms with Crippen LogP contribution in [0.15, 0.2) is 35.4 Å². The zero-order chi connectivity index (χ0) is 15.6. The summed E-state index contributed by atoms with van der Waals surface area (Å²) in [6.45, 7) is 5.60. The standard InChI is InChI=1S/C14H17N3O3S/c1-4-17-9-14(10(2)15-17)21(19,20)16-13-7-5-12(6-8-13)11(3)18/h5-9,16H,4H2,1-3H3. The molecule has 2 aromatic rings. The minimum Gasteiger partial charge on any atom is -0.295 e. The lowest BCUT2D eigenvalue weighted by molar-refractivity contribution is 0.101. The predicted molar refractivity (Wildman–Crippen MR) is 79.9 cm³/mol. The molecule has 1 heterocycles. The molecule has 0 saturated carbocycles. The SMILES string of the molecule is CCn1cc(S(=O)(=O)Nc2ccc(C(C)=O)cc2)c(C)n1. The molecule has 1 aromatic heterocycles. The Bertz CT molecular complexity index is 761. The van der Waals surface area contributed by atoms with E-state index in [9.17, 15) is 13.2 Å². The highest BCUT2D eigenvalue weighted by Crippen LogP contribution is 2.19. The molecule has 0 amide bonds. The van der Waals surface area contributed by atoms with Gasteiger partial charge in [-0.15, -0.1) is 0 Å². The van der Waals surface area contributed by atoms with Crippen molar-refractivity contribution in [2.75, 3.05) is 4.72 Å². The molecule has 7 heteroatoms. The number of hydrogen-bond donors (Lipinski definition) is 1. The van der Waals surface area contributed by atoms with E-state index < -0.39 is 10.0 Å². The number of nitrogens with one attached hydrogen (secondary N) is 1. The summed E-state index contributed by atoms with van der Waals surface area (Å²) in [5.41, 5.74) is 1.39. The van der Waals surface area contributed by atoms with Gasteiger partial charge >= 0.3 is 0 Å². The van der Waals surface area contributed by atoms with E-state index in [2.05, 4.69) is 9.82 Å². The molecule has 0 unspecified atom stereocenters. The Kier molecular flexibility index (Phi) is 4.13. The van der Waals surface area contributed by atoms with E-state index in [1.807, 2.05) is 6.92 Å². The highest BCUT2D eigenvalue weighted by molar-refractivity contribution is 7.92. The number of carbonyl (C=O) groups is 1. The summed E-state index contributed by atoms with van der Waals surface area (Å²) in [5, 5.41) is 4.13. The van der Waals surface area contributed by atoms with Crippen LogP contribution < -0.4 is 4.72 Å². The summed E-state index contributed by atoms with van der Waals surface area (Å²) in [6.07, 6.45) is 1.50. The molecule has 6 nitrogen and oxygen atoms in total. The topological polar surface area (TPSA) is 81.1 Å². The summed E-state index contributed by atoms with van der Waals surface area (Å²) in [7, 11) is -3.68. The maximum Gasteiger partial charge on any atom is 0.265 e. The van der Waals surface area contributed by atoms with Gasteiger partial charge in [-0.25, -0.2) is 8.42 Å². The van der Waals surface area contributed by atoms with Crippen LogP contribution in [0.4, 0.5) is 5.69 Å². The van der Waals surface area contributed by atoms with Crippen LogP contribution >= 0.6 is 0 Å². The minimum atomic E-state index is -3.68. The van der Waals surface area contributed by atoms with Crippen molar-refractivity contribution >= 4 is 21.5 Å². The first-order valence-corrected chi connectivity index (χ1v) is 7.99. The largest absolute Gasteiger partial charge is 0.295 e. The summed E-state index contributed by atoms with van der Waals surface area (Å²) in [6, 6.07) is 6.30. The van der Waals surface area contributed by atoms with Crippen LogP contribution in [0.25, 0.3) is 0 Å². The zero-order valence-corrected chi connectivity index (χ0v) is 12.9. The van der Waals surface area contributed by atoms with Gasteiger partial charge in [-0.2, -0.15) is 5.10 Å². The Morgan fingerprint density at radius 2 is 1.90 bits per heavy atom. The summed E-state index contributed by atoms with van der Waals surface area (Å²) >= 11 is 0. The second-order valence-corrected chi connectivity index (χ2v) is 6.32. The number of anilines is 1. The van der Waals surface area contributed by atoms with Gasteiger partial charge < -0.3 is 0 Å². The van der Waals surface area contributed by atoms with Gasteiger partial charge in [0.25, 0.3) is 10.0 Å². The molecule has 0 aliphatic carbocycles. The van der Waals surface area contributed by atoms with Crippen molar-refractivity contribution in [3.63, 3.8) is 0 Å². The molecule has 0 saturated heterocycles. The van der Waals surface area contributed by atoms with Crippen LogP contribution in [0.1, 0.15) is 29.9 Å². The molecule has 0 fully saturated rings. The monoisotopic (exact) mass is 307 g/mol. The molecule has 0 aliphatic heterocycles. The molecule has 2 rings (SSSR count). The fourth-order valence-electron chi connectivity index (χ4n) is 1.91. The number of carbonyl (C=O) groups excluding carboxylic acids is 1. The summed E-state index contributed by atoms with van der Waals surface area (Å²) < 4.78 is 28.7. The maximum absolute atomic E-state index is 12.3. The van der Waals surface area contributed by atoms with Gasteiger partial charge in [0.05, 0.1) is 5.69 Å². The van der Waals surface area contributed by atoms with Gasteiger partial charge in [0.15, 0.2) is 5.78 Å². The van der Waals surface area contributed by atoms with Gasteiger partial charge in [0.1, 0.15) is 4.90 Å². The van der Waals surface area contributed by atoms with Crippen molar-refractivity contribution in [3.8, 4) is 0 Å². The lowest BCUT2D eigenvalue weighted by Gasteiger charge is -2.07. The molecule has 0 bridgehead atoms. The number of aromatic nitrogens is 2. The maximum atomic E-state index is 12.3. The molecular formula is C14H17N3O3S. The Balaban J connectivity index is 2.28. The van der Waals surface area contributed by atoms with E-state index in [-0.39, 0.29) is 10.7 Å². The number of benzene rings is 1. The molecule has 0 spiro atoms. The van der Waals surface area contributed by atoms with Gasteiger partial charge in [0.2, 0.25) is 0 Å². The first-order chi connectivity index (χ1) is 9.83. The molecule has 0 aliphatic rings. The highest BCUT2D eigenvalue weighted by atomic mass is 32.2. The van der Waals surface area contributed by atoms with Crippen molar-refractivity contribution in [3.05, 3.63) is 41.7 Å². The van der Waals surface area contributed by atoms with E-state index >= 15 is 0 Å². The number of aryl methyl sites for hydroxylation is 2. The van der Waals surface area contributed by atoms with Gasteiger partial charge in [0, 0.05) is 24.0 Å². The van der Waals surface area contributed by atoms with Gasteiger partial charge in [-0.05, 0) is 45.0 Å². The second kappa shape index (κ2) is 5.69. The Morgan fingerprint density at radius 3 is 2.38 bits per heavy atom. The molecule has 0 radical (unpaired) electrons. The lowest BCUT2D eigenvalue weighted by Crippen LogP contribution is -2.13. The Morgan fingerprint density at radius 1 is 1.29 bits per heavy atom. The van der Waals surface area contributed by atoms with Gasteiger partial charge in [-0.3, -0.25) is 14.2 Å². The van der Waals surface area contributed by atoms with Crippen molar-refractivity contribution in [2.45, 2.75) is 32.2 Å². The molecule has 0 atom stereocenters. The van der Waals surface area contributed by atoms with E-state index in [1.165, 1.54) is 13.1 Å². The summed E-state index contributed by atoms with van der Waals surface area (Å²) in [5.74, 6) is -0.0653. The number of Topliss-reactive ketones (excluding diaryl/α,β-unsaturated/α-hetero) is 1.